The highest BCUT2D eigenvalue weighted by atomic mass is 35.5. The maximum absolute atomic E-state index is 2.19. The zero-order valence-electron chi connectivity index (χ0n) is 10.9. The van der Waals surface area contributed by atoms with Crippen molar-refractivity contribution in [3.63, 3.8) is 0 Å². The summed E-state index contributed by atoms with van der Waals surface area (Å²) in [5, 5.41) is 2.13. The van der Waals surface area contributed by atoms with Crippen LogP contribution in [0.4, 0.5) is 0 Å². The molecule has 3 rings (SSSR count). The van der Waals surface area contributed by atoms with Gasteiger partial charge in [-0.2, -0.15) is 0 Å². The normalized spacial score (nSPS) is 13.8. The average molecular weight is 299 g/mol. The average Bonchev–Trinajstić information content (AvgIpc) is 2.75. The Kier molecular flexibility index (Phi) is 5.28. The zero-order chi connectivity index (χ0) is 12.9. The van der Waals surface area contributed by atoms with E-state index in [4.69, 9.17) is 0 Å². The van der Waals surface area contributed by atoms with Crippen molar-refractivity contribution in [1.29, 1.82) is 0 Å². The van der Waals surface area contributed by atoms with E-state index in [2.05, 4.69) is 84.3 Å². The Morgan fingerprint density at radius 1 is 0.650 bits per heavy atom. The van der Waals surface area contributed by atoms with Crippen LogP contribution >= 0.6 is 24.2 Å². The topological polar surface area (TPSA) is 0 Å². The van der Waals surface area contributed by atoms with Crippen molar-refractivity contribution in [1.82, 2.24) is 0 Å². The molecule has 0 amide bonds. The SMILES string of the molecule is C1=CSC(c2ccccc2)=C(c2ccccc2)C=C1.Cl. The molecular weight excluding hydrogens is 284 g/mol. The Labute approximate surface area is 130 Å². The van der Waals surface area contributed by atoms with E-state index in [0.717, 1.165) is 0 Å². The summed E-state index contributed by atoms with van der Waals surface area (Å²) in [6.07, 6.45) is 6.38. The molecule has 0 saturated heterocycles. The van der Waals surface area contributed by atoms with Crippen molar-refractivity contribution >= 4 is 34.6 Å². The van der Waals surface area contributed by atoms with Crippen LogP contribution in [0.2, 0.25) is 0 Å². The number of halogens is 1. The molecule has 2 heteroatoms. The lowest BCUT2D eigenvalue weighted by Crippen LogP contribution is -1.86. The summed E-state index contributed by atoms with van der Waals surface area (Å²) in [4.78, 5) is 1.30. The predicted octanol–water partition coefficient (Wildman–Crippen LogP) is 5.79. The minimum Gasteiger partial charge on any atom is -0.147 e. The molecule has 2 aromatic rings. The molecule has 0 nitrogen and oxygen atoms in total. The molecule has 0 saturated carbocycles. The van der Waals surface area contributed by atoms with Crippen LogP contribution in [0.5, 0.6) is 0 Å². The lowest BCUT2D eigenvalue weighted by Gasteiger charge is -2.10. The van der Waals surface area contributed by atoms with Crippen molar-refractivity contribution in [2.75, 3.05) is 0 Å². The van der Waals surface area contributed by atoms with Crippen molar-refractivity contribution in [3.8, 4) is 0 Å². The Morgan fingerprint density at radius 3 is 1.90 bits per heavy atom. The van der Waals surface area contributed by atoms with E-state index in [9.17, 15) is 0 Å². The van der Waals surface area contributed by atoms with E-state index >= 15 is 0 Å². The molecule has 20 heavy (non-hydrogen) atoms. The first-order chi connectivity index (χ1) is 9.45. The second-order valence-electron chi connectivity index (χ2n) is 4.28. The molecule has 0 aromatic heterocycles. The molecule has 1 aliphatic rings. The lowest BCUT2D eigenvalue weighted by molar-refractivity contribution is 1.61. The molecule has 0 fully saturated rings. The number of thioether (sulfide) groups is 1. The van der Waals surface area contributed by atoms with Gasteiger partial charge < -0.3 is 0 Å². The fraction of sp³-hybridized carbons (Fsp3) is 0. The highest BCUT2D eigenvalue weighted by Crippen LogP contribution is 2.38. The van der Waals surface area contributed by atoms with Crippen molar-refractivity contribution in [3.05, 3.63) is 95.4 Å². The summed E-state index contributed by atoms with van der Waals surface area (Å²) < 4.78 is 0. The first-order valence-corrected chi connectivity index (χ1v) is 7.18. The second-order valence-corrected chi connectivity index (χ2v) is 5.20. The van der Waals surface area contributed by atoms with E-state index in [1.807, 2.05) is 0 Å². The Morgan fingerprint density at radius 2 is 1.25 bits per heavy atom. The van der Waals surface area contributed by atoms with Gasteiger partial charge in [-0.1, -0.05) is 90.7 Å². The van der Waals surface area contributed by atoms with E-state index in [1.54, 1.807) is 11.8 Å². The highest BCUT2D eigenvalue weighted by molar-refractivity contribution is 8.11. The van der Waals surface area contributed by atoms with Gasteiger partial charge in [-0.05, 0) is 22.1 Å². The first-order valence-electron chi connectivity index (χ1n) is 6.30. The molecule has 2 aromatic carbocycles. The van der Waals surface area contributed by atoms with Crippen LogP contribution in [-0.2, 0) is 0 Å². The van der Waals surface area contributed by atoms with Crippen molar-refractivity contribution in [2.24, 2.45) is 0 Å². The largest absolute Gasteiger partial charge is 0.147 e. The third-order valence-electron chi connectivity index (χ3n) is 3.00. The maximum atomic E-state index is 2.19. The number of rotatable bonds is 2. The minimum absolute atomic E-state index is 0. The van der Waals surface area contributed by atoms with E-state index in [-0.39, 0.29) is 12.4 Å². The van der Waals surface area contributed by atoms with Gasteiger partial charge in [0, 0.05) is 4.91 Å². The van der Waals surface area contributed by atoms with Gasteiger partial charge >= 0.3 is 0 Å². The van der Waals surface area contributed by atoms with Crippen LogP contribution in [0.25, 0.3) is 10.5 Å². The fourth-order valence-corrected chi connectivity index (χ4v) is 2.99. The molecule has 1 heterocycles. The molecule has 0 atom stereocenters. The molecule has 0 N–H and O–H groups in total. The lowest BCUT2D eigenvalue weighted by atomic mass is 10.0. The molecule has 100 valence electrons. The molecule has 1 aliphatic heterocycles. The number of hydrogen-bond acceptors (Lipinski definition) is 1. The molecular formula is C18H15ClS. The zero-order valence-corrected chi connectivity index (χ0v) is 12.5. The Hall–Kier alpha value is -1.70. The van der Waals surface area contributed by atoms with Gasteiger partial charge in [0.05, 0.1) is 0 Å². The van der Waals surface area contributed by atoms with Crippen LogP contribution in [-0.4, -0.2) is 0 Å². The second kappa shape index (κ2) is 7.18. The van der Waals surface area contributed by atoms with Crippen LogP contribution in [0.3, 0.4) is 0 Å². The van der Waals surface area contributed by atoms with Crippen LogP contribution in [0.1, 0.15) is 11.1 Å². The summed E-state index contributed by atoms with van der Waals surface area (Å²) in [7, 11) is 0. The van der Waals surface area contributed by atoms with Gasteiger partial charge in [-0.15, -0.1) is 12.4 Å². The molecule has 0 radical (unpaired) electrons. The van der Waals surface area contributed by atoms with Gasteiger partial charge in [-0.3, -0.25) is 0 Å². The third kappa shape index (κ3) is 3.24. The smallest absolute Gasteiger partial charge is 0.0267 e. The molecule has 0 aliphatic carbocycles. The Bertz CT molecular complexity index is 640. The van der Waals surface area contributed by atoms with Gasteiger partial charge in [0.2, 0.25) is 0 Å². The van der Waals surface area contributed by atoms with Crippen LogP contribution in [0.15, 0.2) is 84.3 Å². The first kappa shape index (κ1) is 14.7. The minimum atomic E-state index is 0. The number of hydrogen-bond donors (Lipinski definition) is 0. The van der Waals surface area contributed by atoms with Gasteiger partial charge in [0.25, 0.3) is 0 Å². The summed E-state index contributed by atoms with van der Waals surface area (Å²) in [6, 6.07) is 21.1. The number of benzene rings is 2. The summed E-state index contributed by atoms with van der Waals surface area (Å²) in [6.45, 7) is 0. The summed E-state index contributed by atoms with van der Waals surface area (Å²) in [5.74, 6) is 0. The molecule has 0 unspecified atom stereocenters. The quantitative estimate of drug-likeness (QED) is 0.676. The van der Waals surface area contributed by atoms with E-state index < -0.39 is 0 Å². The Balaban J connectivity index is 0.00000147. The van der Waals surface area contributed by atoms with E-state index in [1.165, 1.54) is 21.6 Å². The van der Waals surface area contributed by atoms with Crippen molar-refractivity contribution < 1.29 is 0 Å². The highest BCUT2D eigenvalue weighted by Gasteiger charge is 2.10. The third-order valence-corrected chi connectivity index (χ3v) is 3.99. The predicted molar refractivity (Wildman–Crippen MR) is 92.8 cm³/mol. The van der Waals surface area contributed by atoms with E-state index in [0.29, 0.717) is 0 Å². The summed E-state index contributed by atoms with van der Waals surface area (Å²) >= 11 is 1.78. The van der Waals surface area contributed by atoms with Gasteiger partial charge in [-0.25, -0.2) is 0 Å². The maximum Gasteiger partial charge on any atom is 0.0267 e. The summed E-state index contributed by atoms with van der Waals surface area (Å²) in [5.41, 5.74) is 3.80. The fourth-order valence-electron chi connectivity index (χ4n) is 2.10. The molecule has 0 bridgehead atoms. The van der Waals surface area contributed by atoms with Crippen LogP contribution < -0.4 is 0 Å². The number of allylic oxidation sites excluding steroid dienone is 4. The van der Waals surface area contributed by atoms with Gasteiger partial charge in [0.15, 0.2) is 0 Å². The molecule has 0 spiro atoms. The monoisotopic (exact) mass is 298 g/mol. The van der Waals surface area contributed by atoms with Crippen molar-refractivity contribution in [2.45, 2.75) is 0 Å². The standard InChI is InChI=1S/C18H14S.ClH/c1-3-9-15(10-4-1)17-13-7-8-14-19-18(17)16-11-5-2-6-12-16;/h1-14H;1H. The van der Waals surface area contributed by atoms with Crippen LogP contribution in [0, 0.1) is 0 Å². The van der Waals surface area contributed by atoms with Gasteiger partial charge in [0.1, 0.15) is 0 Å².